The molecule has 3 aromatic rings. The van der Waals surface area contributed by atoms with Gasteiger partial charge in [-0.25, -0.2) is 0 Å². The Morgan fingerprint density at radius 3 is 2.43 bits per heavy atom. The Balaban J connectivity index is 1.71. The Labute approximate surface area is 163 Å². The summed E-state index contributed by atoms with van der Waals surface area (Å²) in [5.41, 5.74) is 1.53. The topological polar surface area (TPSA) is 77.5 Å². The summed E-state index contributed by atoms with van der Waals surface area (Å²) < 4.78 is 11.5. The number of para-hydroxylation sites is 3. The van der Waals surface area contributed by atoms with Crippen LogP contribution in [-0.4, -0.2) is 23.3 Å². The molecule has 2 aromatic carbocycles. The van der Waals surface area contributed by atoms with E-state index in [4.69, 9.17) is 9.47 Å². The minimum absolute atomic E-state index is 0.226. The molecule has 0 aliphatic carbocycles. The van der Waals surface area contributed by atoms with Gasteiger partial charge in [0.1, 0.15) is 18.1 Å². The molecule has 0 radical (unpaired) electrons. The van der Waals surface area contributed by atoms with Crippen LogP contribution in [0.4, 0.5) is 5.69 Å². The quantitative estimate of drug-likeness (QED) is 0.477. The number of amides is 1. The molecule has 1 aromatic heterocycles. The molecule has 1 N–H and O–H groups in total. The lowest BCUT2D eigenvalue weighted by atomic mass is 10.2. The molecular weight excluding hydrogens is 356 g/mol. The molecule has 0 aliphatic heterocycles. The van der Waals surface area contributed by atoms with E-state index in [-0.39, 0.29) is 12.2 Å². The SMILES string of the molecule is CCOc1ccccc1COc1ccccc1NC(=O)C(=O)c1cccnc1. The van der Waals surface area contributed by atoms with Crippen molar-refractivity contribution in [1.29, 1.82) is 0 Å². The zero-order valence-electron chi connectivity index (χ0n) is 15.4. The van der Waals surface area contributed by atoms with Gasteiger partial charge < -0.3 is 14.8 Å². The van der Waals surface area contributed by atoms with Gasteiger partial charge >= 0.3 is 0 Å². The number of Topliss-reactive ketones (excluding diaryl/α,β-unsaturated/α-hetero) is 1. The molecule has 3 rings (SSSR count). The number of ether oxygens (including phenoxy) is 2. The maximum Gasteiger partial charge on any atom is 0.296 e. The number of anilines is 1. The molecule has 28 heavy (non-hydrogen) atoms. The molecule has 142 valence electrons. The maximum atomic E-state index is 12.3. The second-order valence-corrected chi connectivity index (χ2v) is 5.85. The number of carbonyl (C=O) groups is 2. The van der Waals surface area contributed by atoms with E-state index in [1.165, 1.54) is 12.4 Å². The first-order valence-electron chi connectivity index (χ1n) is 8.87. The average Bonchev–Trinajstić information content (AvgIpc) is 2.74. The highest BCUT2D eigenvalue weighted by Gasteiger charge is 2.18. The molecule has 0 atom stereocenters. The summed E-state index contributed by atoms with van der Waals surface area (Å²) in [6.45, 7) is 2.74. The molecule has 0 saturated heterocycles. The summed E-state index contributed by atoms with van der Waals surface area (Å²) >= 11 is 0. The molecule has 0 spiro atoms. The smallest absolute Gasteiger partial charge is 0.296 e. The lowest BCUT2D eigenvalue weighted by molar-refractivity contribution is -0.112. The van der Waals surface area contributed by atoms with Gasteiger partial charge in [-0.3, -0.25) is 14.6 Å². The fraction of sp³-hybridized carbons (Fsp3) is 0.136. The van der Waals surface area contributed by atoms with Gasteiger partial charge in [-0.2, -0.15) is 0 Å². The fourth-order valence-electron chi connectivity index (χ4n) is 2.58. The molecule has 1 amide bonds. The second kappa shape index (κ2) is 9.32. The van der Waals surface area contributed by atoms with Crippen LogP contribution in [0.2, 0.25) is 0 Å². The average molecular weight is 376 g/mol. The number of aromatic nitrogens is 1. The van der Waals surface area contributed by atoms with Crippen molar-refractivity contribution in [2.45, 2.75) is 13.5 Å². The second-order valence-electron chi connectivity index (χ2n) is 5.85. The van der Waals surface area contributed by atoms with Crippen LogP contribution in [0.15, 0.2) is 73.1 Å². The highest BCUT2D eigenvalue weighted by Crippen LogP contribution is 2.27. The Morgan fingerprint density at radius 1 is 0.929 bits per heavy atom. The molecule has 0 fully saturated rings. The third kappa shape index (κ3) is 4.73. The Kier molecular flexibility index (Phi) is 6.36. The third-order valence-corrected chi connectivity index (χ3v) is 3.92. The highest BCUT2D eigenvalue weighted by atomic mass is 16.5. The first kappa shape index (κ1) is 19.1. The monoisotopic (exact) mass is 376 g/mol. The summed E-state index contributed by atoms with van der Waals surface area (Å²) in [6.07, 6.45) is 2.90. The number of pyridine rings is 1. The highest BCUT2D eigenvalue weighted by molar-refractivity contribution is 6.46. The predicted molar refractivity (Wildman–Crippen MR) is 106 cm³/mol. The first-order valence-corrected chi connectivity index (χ1v) is 8.87. The molecule has 1 heterocycles. The van der Waals surface area contributed by atoms with Gasteiger partial charge in [0.2, 0.25) is 0 Å². The number of carbonyl (C=O) groups excluding carboxylic acids is 2. The number of hydrogen-bond acceptors (Lipinski definition) is 5. The van der Waals surface area contributed by atoms with Crippen molar-refractivity contribution in [2.24, 2.45) is 0 Å². The normalized spacial score (nSPS) is 10.2. The van der Waals surface area contributed by atoms with Crippen molar-refractivity contribution < 1.29 is 19.1 Å². The summed E-state index contributed by atoms with van der Waals surface area (Å²) in [5, 5.41) is 2.61. The number of hydrogen-bond donors (Lipinski definition) is 1. The van der Waals surface area contributed by atoms with Crippen LogP contribution in [0.5, 0.6) is 11.5 Å². The van der Waals surface area contributed by atoms with E-state index in [2.05, 4.69) is 10.3 Å². The molecule has 0 unspecified atom stereocenters. The number of nitrogens with zero attached hydrogens (tertiary/aromatic N) is 1. The summed E-state index contributed by atoms with van der Waals surface area (Å²) in [5.74, 6) is -0.206. The number of nitrogens with one attached hydrogen (secondary N) is 1. The van der Waals surface area contributed by atoms with Crippen LogP contribution < -0.4 is 14.8 Å². The van der Waals surface area contributed by atoms with E-state index >= 15 is 0 Å². The van der Waals surface area contributed by atoms with Crippen LogP contribution in [0.3, 0.4) is 0 Å². The number of benzene rings is 2. The van der Waals surface area contributed by atoms with Crippen LogP contribution in [0, 0.1) is 0 Å². The Bertz CT molecular complexity index is 958. The van der Waals surface area contributed by atoms with Crippen molar-refractivity contribution in [3.63, 3.8) is 0 Å². The maximum absolute atomic E-state index is 12.3. The van der Waals surface area contributed by atoms with Crippen molar-refractivity contribution >= 4 is 17.4 Å². The van der Waals surface area contributed by atoms with Crippen LogP contribution >= 0.6 is 0 Å². The number of rotatable bonds is 8. The summed E-state index contributed by atoms with van der Waals surface area (Å²) in [4.78, 5) is 28.4. The van der Waals surface area contributed by atoms with Crippen LogP contribution in [0.1, 0.15) is 22.8 Å². The van der Waals surface area contributed by atoms with Crippen LogP contribution in [0.25, 0.3) is 0 Å². The standard InChI is InChI=1S/C22H20N2O4/c1-2-27-19-11-5-3-8-17(19)15-28-20-12-6-4-10-18(20)24-22(26)21(25)16-9-7-13-23-14-16/h3-14H,2,15H2,1H3,(H,24,26). The van der Waals surface area contributed by atoms with Gasteiger partial charge in [0, 0.05) is 23.5 Å². The largest absolute Gasteiger partial charge is 0.493 e. The Hall–Kier alpha value is -3.67. The van der Waals surface area contributed by atoms with E-state index in [1.54, 1.807) is 36.4 Å². The van der Waals surface area contributed by atoms with Gasteiger partial charge in [-0.1, -0.05) is 30.3 Å². The molecule has 6 heteroatoms. The molecule has 0 bridgehead atoms. The molecule has 0 aliphatic rings. The van der Waals surface area contributed by atoms with Gasteiger partial charge in [0.05, 0.1) is 12.3 Å². The van der Waals surface area contributed by atoms with E-state index in [9.17, 15) is 9.59 Å². The van der Waals surface area contributed by atoms with Crippen molar-refractivity contribution in [1.82, 2.24) is 4.98 Å². The predicted octanol–water partition coefficient (Wildman–Crippen LogP) is 3.88. The molecular formula is C22H20N2O4. The van der Waals surface area contributed by atoms with E-state index in [0.29, 0.717) is 18.0 Å². The fourth-order valence-corrected chi connectivity index (χ4v) is 2.58. The Morgan fingerprint density at radius 2 is 1.68 bits per heavy atom. The summed E-state index contributed by atoms with van der Waals surface area (Å²) in [7, 11) is 0. The minimum atomic E-state index is -0.751. The first-order chi connectivity index (χ1) is 13.7. The van der Waals surface area contributed by atoms with Crippen molar-refractivity contribution in [2.75, 3.05) is 11.9 Å². The van der Waals surface area contributed by atoms with Gasteiger partial charge in [-0.15, -0.1) is 0 Å². The zero-order chi connectivity index (χ0) is 19.8. The van der Waals surface area contributed by atoms with Gasteiger partial charge in [-0.05, 0) is 37.3 Å². The minimum Gasteiger partial charge on any atom is -0.493 e. The van der Waals surface area contributed by atoms with Gasteiger partial charge in [0.25, 0.3) is 11.7 Å². The van der Waals surface area contributed by atoms with Gasteiger partial charge in [0.15, 0.2) is 0 Å². The summed E-state index contributed by atoms with van der Waals surface area (Å²) in [6, 6.07) is 17.7. The third-order valence-electron chi connectivity index (χ3n) is 3.92. The molecule has 0 saturated carbocycles. The van der Waals surface area contributed by atoms with E-state index in [1.807, 2.05) is 31.2 Å². The van der Waals surface area contributed by atoms with Crippen molar-refractivity contribution in [3.05, 3.63) is 84.2 Å². The van der Waals surface area contributed by atoms with E-state index < -0.39 is 11.7 Å². The van der Waals surface area contributed by atoms with E-state index in [0.717, 1.165) is 11.3 Å². The lowest BCUT2D eigenvalue weighted by Crippen LogP contribution is -2.23. The van der Waals surface area contributed by atoms with Crippen LogP contribution in [-0.2, 0) is 11.4 Å². The zero-order valence-corrected chi connectivity index (χ0v) is 15.4. The van der Waals surface area contributed by atoms with Crippen molar-refractivity contribution in [3.8, 4) is 11.5 Å². The molecule has 6 nitrogen and oxygen atoms in total. The number of ketones is 1. The lowest BCUT2D eigenvalue weighted by Gasteiger charge is -2.14.